The van der Waals surface area contributed by atoms with Crippen LogP contribution in [0.2, 0.25) is 0 Å². The zero-order valence-corrected chi connectivity index (χ0v) is 17.8. The van der Waals surface area contributed by atoms with E-state index >= 15 is 0 Å². The topological polar surface area (TPSA) is 54.3 Å². The quantitative estimate of drug-likeness (QED) is 0.423. The van der Waals surface area contributed by atoms with Gasteiger partial charge in [-0.3, -0.25) is 4.79 Å². The van der Waals surface area contributed by atoms with Gasteiger partial charge in [-0.1, -0.05) is 37.5 Å². The number of rotatable bonds is 7. The van der Waals surface area contributed by atoms with Gasteiger partial charge in [0.05, 0.1) is 12.0 Å². The number of carbonyl (C=O) groups is 1. The van der Waals surface area contributed by atoms with Crippen LogP contribution in [0.1, 0.15) is 61.1 Å². The Morgan fingerprint density at radius 1 is 1.03 bits per heavy atom. The van der Waals surface area contributed by atoms with Gasteiger partial charge in [-0.05, 0) is 53.5 Å². The van der Waals surface area contributed by atoms with E-state index in [1.165, 1.54) is 6.07 Å². The van der Waals surface area contributed by atoms with Crippen LogP contribution in [0, 0.1) is 0 Å². The number of hydrogen-bond acceptors (Lipinski definition) is 2. The first kappa shape index (κ1) is 22.4. The largest absolute Gasteiger partial charge is 0.481 e. The van der Waals surface area contributed by atoms with Crippen LogP contribution in [0.25, 0.3) is 16.5 Å². The summed E-state index contributed by atoms with van der Waals surface area (Å²) in [6.45, 7) is 0.907. The summed E-state index contributed by atoms with van der Waals surface area (Å²) < 4.78 is 43.4. The molecule has 4 nitrogen and oxygen atoms in total. The van der Waals surface area contributed by atoms with Crippen molar-refractivity contribution in [2.45, 2.75) is 57.2 Å². The second-order valence-electron chi connectivity index (χ2n) is 8.55. The van der Waals surface area contributed by atoms with Crippen LogP contribution in [0.4, 0.5) is 13.2 Å². The van der Waals surface area contributed by atoms with Crippen LogP contribution in [-0.4, -0.2) is 22.2 Å². The Hall–Kier alpha value is -2.80. The molecule has 0 aliphatic heterocycles. The van der Waals surface area contributed by atoms with E-state index in [0.29, 0.717) is 24.3 Å². The maximum absolute atomic E-state index is 13.9. The first-order valence-electron chi connectivity index (χ1n) is 11.1. The lowest BCUT2D eigenvalue weighted by Crippen LogP contribution is -2.17. The SMILES string of the molecule is O=C(O)CCNCc1ccc2cn(-c3ccc(C4CCCCC4)c(C(F)(F)F)c3)cc2c1. The first-order chi connectivity index (χ1) is 15.3. The number of benzene rings is 2. The van der Waals surface area contributed by atoms with Gasteiger partial charge in [0.2, 0.25) is 0 Å². The number of alkyl halides is 3. The highest BCUT2D eigenvalue weighted by atomic mass is 19.4. The molecule has 1 aliphatic rings. The minimum Gasteiger partial charge on any atom is -0.481 e. The summed E-state index contributed by atoms with van der Waals surface area (Å²) in [5.41, 5.74) is 1.38. The summed E-state index contributed by atoms with van der Waals surface area (Å²) in [5, 5.41) is 13.7. The molecule has 4 rings (SSSR count). The summed E-state index contributed by atoms with van der Waals surface area (Å²) in [5.74, 6) is -0.868. The lowest BCUT2D eigenvalue weighted by atomic mass is 9.82. The van der Waals surface area contributed by atoms with Crippen molar-refractivity contribution in [1.82, 2.24) is 9.88 Å². The molecule has 0 radical (unpaired) electrons. The van der Waals surface area contributed by atoms with E-state index in [1.54, 1.807) is 16.7 Å². The highest BCUT2D eigenvalue weighted by Gasteiger charge is 2.36. The van der Waals surface area contributed by atoms with Crippen molar-refractivity contribution in [2.24, 2.45) is 0 Å². The monoisotopic (exact) mass is 444 g/mol. The fourth-order valence-electron chi connectivity index (χ4n) is 4.60. The van der Waals surface area contributed by atoms with Gasteiger partial charge in [-0.15, -0.1) is 0 Å². The highest BCUT2D eigenvalue weighted by Crippen LogP contribution is 2.41. The Labute approximate surface area is 185 Å². The summed E-state index contributed by atoms with van der Waals surface area (Å²) in [6, 6.07) is 10.6. The Kier molecular flexibility index (Phi) is 6.55. The van der Waals surface area contributed by atoms with Crippen molar-refractivity contribution < 1.29 is 23.1 Å². The van der Waals surface area contributed by atoms with Crippen LogP contribution in [-0.2, 0) is 17.5 Å². The molecular weight excluding hydrogens is 417 g/mol. The third kappa shape index (κ3) is 5.15. The number of nitrogens with zero attached hydrogens (tertiary/aromatic N) is 1. The number of halogens is 3. The first-order valence-corrected chi connectivity index (χ1v) is 11.1. The summed E-state index contributed by atoms with van der Waals surface area (Å²) in [7, 11) is 0. The molecule has 2 aromatic carbocycles. The molecule has 0 saturated heterocycles. The van der Waals surface area contributed by atoms with E-state index in [4.69, 9.17) is 5.11 Å². The van der Waals surface area contributed by atoms with Gasteiger partial charge >= 0.3 is 12.1 Å². The highest BCUT2D eigenvalue weighted by molar-refractivity contribution is 5.83. The number of fused-ring (bicyclic) bond motifs is 1. The van der Waals surface area contributed by atoms with E-state index in [2.05, 4.69) is 5.32 Å². The van der Waals surface area contributed by atoms with Crippen LogP contribution in [0.5, 0.6) is 0 Å². The van der Waals surface area contributed by atoms with Gasteiger partial charge in [-0.25, -0.2) is 0 Å². The third-order valence-corrected chi connectivity index (χ3v) is 6.24. The van der Waals surface area contributed by atoms with Crippen molar-refractivity contribution in [2.75, 3.05) is 6.54 Å². The van der Waals surface area contributed by atoms with Gasteiger partial charge < -0.3 is 15.0 Å². The van der Waals surface area contributed by atoms with Crippen molar-refractivity contribution in [3.8, 4) is 5.69 Å². The number of nitrogens with one attached hydrogen (secondary N) is 1. The second kappa shape index (κ2) is 9.36. The molecule has 0 unspecified atom stereocenters. The van der Waals surface area contributed by atoms with Crippen molar-refractivity contribution in [1.29, 1.82) is 0 Å². The molecule has 0 spiro atoms. The predicted octanol–water partition coefficient (Wildman–Crippen LogP) is 6.26. The van der Waals surface area contributed by atoms with Gasteiger partial charge in [0.25, 0.3) is 0 Å². The molecule has 7 heteroatoms. The molecule has 1 heterocycles. The normalized spacial score (nSPS) is 15.3. The van der Waals surface area contributed by atoms with Crippen LogP contribution < -0.4 is 5.32 Å². The number of carboxylic acids is 1. The number of hydrogen-bond donors (Lipinski definition) is 2. The van der Waals surface area contributed by atoms with Gasteiger partial charge in [0.1, 0.15) is 0 Å². The Bertz CT molecular complexity index is 1100. The van der Waals surface area contributed by atoms with Crippen LogP contribution in [0.15, 0.2) is 48.8 Å². The molecular formula is C25H27F3N2O2. The minimum absolute atomic E-state index is 0.0191. The van der Waals surface area contributed by atoms with Gasteiger partial charge in [-0.2, -0.15) is 13.2 Å². The van der Waals surface area contributed by atoms with E-state index in [0.717, 1.165) is 48.4 Å². The third-order valence-electron chi connectivity index (χ3n) is 6.24. The molecule has 1 aliphatic carbocycles. The number of carboxylic acid groups (broad SMARTS) is 1. The lowest BCUT2D eigenvalue weighted by Gasteiger charge is -2.25. The molecule has 1 aromatic heterocycles. The summed E-state index contributed by atoms with van der Waals surface area (Å²) >= 11 is 0. The Morgan fingerprint density at radius 2 is 1.78 bits per heavy atom. The maximum atomic E-state index is 13.9. The lowest BCUT2D eigenvalue weighted by molar-refractivity contribution is -0.138. The molecule has 3 aromatic rings. The molecule has 32 heavy (non-hydrogen) atoms. The summed E-state index contributed by atoms with van der Waals surface area (Å²) in [6.07, 6.45) is 4.06. The average Bonchev–Trinajstić information content (AvgIpc) is 3.20. The van der Waals surface area contributed by atoms with E-state index in [9.17, 15) is 18.0 Å². The summed E-state index contributed by atoms with van der Waals surface area (Å²) in [4.78, 5) is 10.6. The van der Waals surface area contributed by atoms with Gasteiger partial charge in [0, 0.05) is 36.6 Å². The number of aromatic nitrogens is 1. The Morgan fingerprint density at radius 3 is 2.50 bits per heavy atom. The van der Waals surface area contributed by atoms with E-state index < -0.39 is 17.7 Å². The standard InChI is InChI=1S/C25H27F3N2O2/c26-25(27,28)23-13-21(8-9-22(23)18-4-2-1-3-5-18)30-15-19-7-6-17(12-20(19)16-30)14-29-11-10-24(31)32/h6-9,12-13,15-16,18,29H,1-5,10-11,14H2,(H,31,32). The molecule has 170 valence electrons. The molecule has 2 N–H and O–H groups in total. The van der Waals surface area contributed by atoms with Gasteiger partial charge in [0.15, 0.2) is 0 Å². The fraction of sp³-hybridized carbons (Fsp3) is 0.400. The van der Waals surface area contributed by atoms with Crippen molar-refractivity contribution in [3.05, 3.63) is 65.5 Å². The van der Waals surface area contributed by atoms with Crippen LogP contribution in [0.3, 0.4) is 0 Å². The molecule has 0 amide bonds. The zero-order chi connectivity index (χ0) is 22.7. The Balaban J connectivity index is 1.59. The van der Waals surface area contributed by atoms with Crippen molar-refractivity contribution >= 4 is 16.7 Å². The smallest absolute Gasteiger partial charge is 0.416 e. The molecule has 0 bridgehead atoms. The minimum atomic E-state index is -4.38. The number of aliphatic carboxylic acids is 1. The molecule has 1 fully saturated rings. The zero-order valence-electron chi connectivity index (χ0n) is 17.8. The average molecular weight is 444 g/mol. The second-order valence-corrected chi connectivity index (χ2v) is 8.55. The fourth-order valence-corrected chi connectivity index (χ4v) is 4.60. The van der Waals surface area contributed by atoms with Crippen LogP contribution >= 0.6 is 0 Å². The predicted molar refractivity (Wildman–Crippen MR) is 118 cm³/mol. The van der Waals surface area contributed by atoms with Crippen molar-refractivity contribution in [3.63, 3.8) is 0 Å². The maximum Gasteiger partial charge on any atom is 0.416 e. The molecule has 1 saturated carbocycles. The molecule has 0 atom stereocenters. The van der Waals surface area contributed by atoms with E-state index in [-0.39, 0.29) is 12.3 Å². The van der Waals surface area contributed by atoms with E-state index in [1.807, 2.05) is 30.6 Å².